The van der Waals surface area contributed by atoms with E-state index in [1.165, 1.54) is 64.2 Å². The molecule has 0 aliphatic heterocycles. The molecule has 0 spiro atoms. The Balaban J connectivity index is 3.85. The molecule has 1 atom stereocenters. The first-order chi connectivity index (χ1) is 11.3. The zero-order valence-corrected chi connectivity index (χ0v) is 17.0. The molecule has 0 aromatic heterocycles. The van der Waals surface area contributed by atoms with Crippen LogP contribution in [0, 0.1) is 0 Å². The van der Waals surface area contributed by atoms with Crippen molar-refractivity contribution in [3.8, 4) is 0 Å². The summed E-state index contributed by atoms with van der Waals surface area (Å²) < 4.78 is 6.34. The molecule has 0 rings (SSSR count). The zero-order chi connectivity index (χ0) is 18.4. The monoisotopic (exact) mass is 340 g/mol. The van der Waals surface area contributed by atoms with Crippen molar-refractivity contribution in [2.45, 2.75) is 97.6 Å². The van der Waals surface area contributed by atoms with Crippen molar-refractivity contribution in [1.29, 1.82) is 0 Å². The van der Waals surface area contributed by atoms with Gasteiger partial charge in [-0.05, 0) is 19.8 Å². The van der Waals surface area contributed by atoms with Crippen LogP contribution in [0.5, 0.6) is 0 Å². The van der Waals surface area contributed by atoms with E-state index in [1.807, 2.05) is 0 Å². The van der Waals surface area contributed by atoms with Gasteiger partial charge in [-0.3, -0.25) is 4.48 Å². The highest BCUT2D eigenvalue weighted by Crippen LogP contribution is 2.17. The van der Waals surface area contributed by atoms with Crippen LogP contribution in [0.25, 0.3) is 0 Å². The van der Waals surface area contributed by atoms with Crippen molar-refractivity contribution in [2.24, 2.45) is 0 Å². The third-order valence-corrected chi connectivity index (χ3v) is 4.81. The van der Waals surface area contributed by atoms with Crippen LogP contribution in [0.2, 0.25) is 0 Å². The van der Waals surface area contributed by atoms with E-state index in [0.29, 0.717) is 5.57 Å². The van der Waals surface area contributed by atoms with E-state index in [4.69, 9.17) is 4.74 Å². The summed E-state index contributed by atoms with van der Waals surface area (Å²) >= 11 is 0. The first kappa shape index (κ1) is 23.2. The fraction of sp³-hybridized carbons (Fsp3) is 0.857. The second-order valence-electron chi connectivity index (χ2n) is 7.73. The van der Waals surface area contributed by atoms with Gasteiger partial charge in [0.1, 0.15) is 0 Å². The molecule has 0 heterocycles. The van der Waals surface area contributed by atoms with Gasteiger partial charge in [0, 0.05) is 12.0 Å². The molecule has 3 nitrogen and oxygen atoms in total. The smallest absolute Gasteiger partial charge is 0.337 e. The summed E-state index contributed by atoms with van der Waals surface area (Å²) in [5.41, 5.74) is 0.479. The Kier molecular flexibility index (Phi) is 13.0. The predicted molar refractivity (Wildman–Crippen MR) is 104 cm³/mol. The van der Waals surface area contributed by atoms with Gasteiger partial charge in [0.05, 0.1) is 20.6 Å². The molecule has 3 heteroatoms. The van der Waals surface area contributed by atoms with Crippen molar-refractivity contribution >= 4 is 5.97 Å². The Bertz CT molecular complexity index is 350. The molecule has 0 saturated heterocycles. The van der Waals surface area contributed by atoms with Gasteiger partial charge < -0.3 is 4.74 Å². The van der Waals surface area contributed by atoms with Gasteiger partial charge in [0.2, 0.25) is 6.23 Å². The second-order valence-corrected chi connectivity index (χ2v) is 7.73. The van der Waals surface area contributed by atoms with E-state index in [2.05, 4.69) is 34.5 Å². The van der Waals surface area contributed by atoms with Gasteiger partial charge in [-0.2, -0.15) is 0 Å². The van der Waals surface area contributed by atoms with Crippen molar-refractivity contribution in [2.75, 3.05) is 20.6 Å². The normalized spacial score (nSPS) is 12.9. The summed E-state index contributed by atoms with van der Waals surface area (Å²) in [6.07, 6.45) is 14.2. The first-order valence-corrected chi connectivity index (χ1v) is 10.0. The van der Waals surface area contributed by atoms with Gasteiger partial charge in [0.25, 0.3) is 0 Å². The lowest BCUT2D eigenvalue weighted by atomic mass is 10.1. The summed E-state index contributed by atoms with van der Waals surface area (Å²) in [6.45, 7) is 10.8. The molecule has 0 aromatic carbocycles. The molecule has 0 bridgehead atoms. The molecular weight excluding hydrogens is 298 g/mol. The number of carbonyl (C=O) groups excluding carboxylic acids is 1. The third-order valence-electron chi connectivity index (χ3n) is 4.81. The summed E-state index contributed by atoms with van der Waals surface area (Å²) in [4.78, 5) is 11.8. The van der Waals surface area contributed by atoms with Crippen molar-refractivity contribution in [3.05, 3.63) is 12.2 Å². The number of carbonyl (C=O) groups is 1. The highest BCUT2D eigenvalue weighted by atomic mass is 16.6. The number of esters is 1. The lowest BCUT2D eigenvalue weighted by Gasteiger charge is -2.36. The molecule has 0 aliphatic rings. The van der Waals surface area contributed by atoms with Gasteiger partial charge in [-0.15, -0.1) is 0 Å². The lowest BCUT2D eigenvalue weighted by molar-refractivity contribution is -0.935. The SMILES string of the molecule is C=C(C)C(=O)OC(CC)[N+](C)(C)CCCCCCCCCCCC. The quantitative estimate of drug-likeness (QED) is 0.123. The molecule has 0 saturated carbocycles. The van der Waals surface area contributed by atoms with Crippen molar-refractivity contribution in [3.63, 3.8) is 0 Å². The largest absolute Gasteiger partial charge is 0.409 e. The molecule has 0 aromatic rings. The number of rotatable bonds is 15. The fourth-order valence-corrected chi connectivity index (χ4v) is 3.10. The minimum atomic E-state index is -0.267. The number of hydrogen-bond donors (Lipinski definition) is 0. The Hall–Kier alpha value is -0.830. The number of nitrogens with zero attached hydrogens (tertiary/aromatic N) is 1. The summed E-state index contributed by atoms with van der Waals surface area (Å²) in [5.74, 6) is -0.267. The van der Waals surface area contributed by atoms with Gasteiger partial charge in [-0.25, -0.2) is 4.79 Å². The van der Waals surface area contributed by atoms with Crippen LogP contribution in [0.15, 0.2) is 12.2 Å². The van der Waals surface area contributed by atoms with Crippen LogP contribution in [0.3, 0.4) is 0 Å². The Morgan fingerprint density at radius 1 is 0.917 bits per heavy atom. The van der Waals surface area contributed by atoms with Crippen LogP contribution >= 0.6 is 0 Å². The molecule has 0 N–H and O–H groups in total. The average Bonchev–Trinajstić information content (AvgIpc) is 2.53. The Morgan fingerprint density at radius 2 is 1.38 bits per heavy atom. The summed E-state index contributed by atoms with van der Waals surface area (Å²) in [7, 11) is 4.32. The Labute approximate surface area is 151 Å². The molecule has 24 heavy (non-hydrogen) atoms. The summed E-state index contributed by atoms with van der Waals surface area (Å²) in [6, 6.07) is 0. The van der Waals surface area contributed by atoms with Crippen LogP contribution in [0.4, 0.5) is 0 Å². The maximum Gasteiger partial charge on any atom is 0.337 e. The van der Waals surface area contributed by atoms with E-state index in [-0.39, 0.29) is 12.2 Å². The van der Waals surface area contributed by atoms with Gasteiger partial charge in [-0.1, -0.05) is 71.8 Å². The maximum absolute atomic E-state index is 11.8. The van der Waals surface area contributed by atoms with E-state index in [1.54, 1.807) is 6.92 Å². The van der Waals surface area contributed by atoms with E-state index in [9.17, 15) is 4.79 Å². The van der Waals surface area contributed by atoms with Crippen LogP contribution in [-0.2, 0) is 9.53 Å². The average molecular weight is 341 g/mol. The molecule has 0 fully saturated rings. The minimum Gasteiger partial charge on any atom is -0.409 e. The van der Waals surface area contributed by atoms with E-state index in [0.717, 1.165) is 17.4 Å². The number of quaternary nitrogens is 1. The van der Waals surface area contributed by atoms with Crippen molar-refractivity contribution < 1.29 is 14.0 Å². The van der Waals surface area contributed by atoms with E-state index >= 15 is 0 Å². The fourth-order valence-electron chi connectivity index (χ4n) is 3.10. The molecule has 0 radical (unpaired) electrons. The lowest BCUT2D eigenvalue weighted by Crippen LogP contribution is -2.51. The van der Waals surface area contributed by atoms with E-state index < -0.39 is 0 Å². The minimum absolute atomic E-state index is 0.0761. The van der Waals surface area contributed by atoms with Crippen molar-refractivity contribution in [1.82, 2.24) is 0 Å². The van der Waals surface area contributed by atoms with Crippen LogP contribution in [0.1, 0.15) is 91.4 Å². The molecule has 0 aliphatic carbocycles. The zero-order valence-electron chi connectivity index (χ0n) is 17.0. The Morgan fingerprint density at radius 3 is 1.79 bits per heavy atom. The highest BCUT2D eigenvalue weighted by molar-refractivity contribution is 5.86. The third kappa shape index (κ3) is 10.9. The predicted octanol–water partition coefficient (Wildman–Crippen LogP) is 5.84. The summed E-state index contributed by atoms with van der Waals surface area (Å²) in [5, 5.41) is 0. The standard InChI is InChI=1S/C21H42NO2/c1-7-9-10-11-12-13-14-15-16-17-18-22(5,6)20(8-2)24-21(23)19(3)4/h20H,3,7-18H2,1-2,4-6H3/q+1. The number of hydrogen-bond acceptors (Lipinski definition) is 2. The molecule has 0 amide bonds. The molecule has 1 unspecified atom stereocenters. The maximum atomic E-state index is 11.8. The second kappa shape index (κ2) is 13.5. The highest BCUT2D eigenvalue weighted by Gasteiger charge is 2.29. The first-order valence-electron chi connectivity index (χ1n) is 10.0. The van der Waals surface area contributed by atoms with Crippen LogP contribution in [-0.4, -0.2) is 37.3 Å². The topological polar surface area (TPSA) is 26.3 Å². The number of unbranched alkanes of at least 4 members (excludes halogenated alkanes) is 9. The van der Waals surface area contributed by atoms with Crippen LogP contribution < -0.4 is 0 Å². The van der Waals surface area contributed by atoms with Gasteiger partial charge >= 0.3 is 5.97 Å². The molecular formula is C21H42NO2+. The number of ether oxygens (including phenoxy) is 1. The van der Waals surface area contributed by atoms with Gasteiger partial charge in [0.15, 0.2) is 0 Å². The molecule has 142 valence electrons.